The van der Waals surface area contributed by atoms with Crippen molar-refractivity contribution in [3.8, 4) is 36.0 Å². The lowest BCUT2D eigenvalue weighted by atomic mass is 9.95. The topological polar surface area (TPSA) is 614 Å². The summed E-state index contributed by atoms with van der Waals surface area (Å²) in [5.41, 5.74) is 0. The zero-order valence-electron chi connectivity index (χ0n) is 63.1. The van der Waals surface area contributed by atoms with Gasteiger partial charge in [-0.05, 0) is 55.8 Å². The van der Waals surface area contributed by atoms with Gasteiger partial charge < -0.3 is 153 Å². The highest BCUT2D eigenvalue weighted by Gasteiger charge is 2.56. The molecule has 0 aliphatic carbocycles. The van der Waals surface area contributed by atoms with Crippen LogP contribution in [0.2, 0.25) is 0 Å². The first-order valence-electron chi connectivity index (χ1n) is 37.8. The van der Waals surface area contributed by atoms with E-state index in [0.29, 0.717) is 32.1 Å². The van der Waals surface area contributed by atoms with E-state index in [9.17, 15) is 101 Å². The van der Waals surface area contributed by atoms with Gasteiger partial charge in [0.2, 0.25) is 23.6 Å². The van der Waals surface area contributed by atoms with Crippen molar-refractivity contribution in [2.75, 3.05) is 59.5 Å². The van der Waals surface area contributed by atoms with Gasteiger partial charge in [0.25, 0.3) is 0 Å². The highest BCUT2D eigenvalue weighted by atomic mass is 32.3. The number of nitrogens with one attached hydrogen (secondary N) is 4. The first kappa shape index (κ1) is 94.7. The fourth-order valence-corrected chi connectivity index (χ4v) is 14.3. The Bertz CT molecular complexity index is 3440. The maximum atomic E-state index is 13.4. The summed E-state index contributed by atoms with van der Waals surface area (Å²) in [5.74, 6) is 10.1. The molecule has 8 saturated heterocycles. The molecule has 4 amide bonds. The number of terminal acetylenes is 1. The summed E-state index contributed by atoms with van der Waals surface area (Å²) >= 11 is 0. The number of hydrogen-bond acceptors (Lipinski definition) is 37. The average molecular weight is 1680 g/mol. The van der Waals surface area contributed by atoms with Crippen molar-refractivity contribution in [2.45, 2.75) is 314 Å². The smallest absolute Gasteiger partial charge is 0.394 e. The van der Waals surface area contributed by atoms with Crippen molar-refractivity contribution in [3.05, 3.63) is 0 Å². The molecule has 32 atom stereocenters. The SMILES string of the molecule is C#CC#CC#CCCCO[C@@H]1OC(CO)[C@@H](O[C@H]2C[C@H](O)[C@H](O[C@H]3OC(CO)[C@@H](O[C@H]4C[C@H](O)[C@H](O[C@H]5OC(COS(=O)(=O)O)[C@@H](O[C@H]6C[C@H](O)[C@H](O[C@@H]7OC(COS(=O)(=O)O)[C@@H](O[C@H]8C[C@H](O)[C@H](O)CO8)[C@H](O)C7NC(=O)CCC)CO6)[C@H](O)C5NC(=O)CCC)CO4)[C@H](O)C3NC(=O)CCC)CO2)[C@H](O)C1NC(=O)CCC. The van der Waals surface area contributed by atoms with E-state index in [0.717, 1.165) is 0 Å². The van der Waals surface area contributed by atoms with Crippen LogP contribution in [0.3, 0.4) is 0 Å². The van der Waals surface area contributed by atoms with Crippen molar-refractivity contribution in [1.82, 2.24) is 21.3 Å². The third-order valence-corrected chi connectivity index (χ3v) is 20.3. The Balaban J connectivity index is 0.904. The van der Waals surface area contributed by atoms with Crippen LogP contribution in [0, 0.1) is 36.0 Å². The van der Waals surface area contributed by atoms with Gasteiger partial charge in [0.05, 0.1) is 83.9 Å². The minimum Gasteiger partial charge on any atom is -0.394 e. The van der Waals surface area contributed by atoms with Crippen LogP contribution in [-0.4, -0.2) is 362 Å². The van der Waals surface area contributed by atoms with Crippen LogP contribution >= 0.6 is 0 Å². The third kappa shape index (κ3) is 27.6. The van der Waals surface area contributed by atoms with E-state index in [1.54, 1.807) is 27.7 Å². The van der Waals surface area contributed by atoms with E-state index >= 15 is 0 Å². The average Bonchev–Trinajstić information content (AvgIpc) is 0.790. The van der Waals surface area contributed by atoms with Crippen molar-refractivity contribution >= 4 is 44.4 Å². The molecule has 114 heavy (non-hydrogen) atoms. The highest BCUT2D eigenvalue weighted by molar-refractivity contribution is 7.81. The van der Waals surface area contributed by atoms with Crippen LogP contribution in [0.5, 0.6) is 0 Å². The Morgan fingerprint density at radius 2 is 0.737 bits per heavy atom. The Labute approximate surface area is 658 Å². The number of carbonyl (C=O) groups is 4. The molecule has 17 N–H and O–H groups in total. The summed E-state index contributed by atoms with van der Waals surface area (Å²) in [6, 6.07) is -5.98. The minimum atomic E-state index is -5.30. The number of rotatable bonds is 38. The summed E-state index contributed by atoms with van der Waals surface area (Å²) in [4.78, 5) is 52.8. The normalized spacial score (nSPS) is 38.8. The molecule has 0 saturated carbocycles. The van der Waals surface area contributed by atoms with Crippen LogP contribution in [0.4, 0.5) is 0 Å². The molecule has 43 nitrogen and oxygen atoms in total. The second kappa shape index (κ2) is 45.6. The molecule has 0 aromatic rings. The lowest BCUT2D eigenvalue weighted by molar-refractivity contribution is -0.352. The molecule has 0 aromatic heterocycles. The predicted octanol–water partition coefficient (Wildman–Crippen LogP) is -6.98. The van der Waals surface area contributed by atoms with Gasteiger partial charge >= 0.3 is 20.8 Å². The van der Waals surface area contributed by atoms with Gasteiger partial charge in [0.1, 0.15) is 122 Å². The van der Waals surface area contributed by atoms with E-state index < -0.39 is 307 Å². The van der Waals surface area contributed by atoms with E-state index in [1.165, 1.54) is 0 Å². The highest BCUT2D eigenvalue weighted by Crippen LogP contribution is 2.37. The largest absolute Gasteiger partial charge is 0.397 e. The minimum absolute atomic E-state index is 0.0513. The molecule has 45 heteroatoms. The molecular formula is C69H108N4O39S2. The Morgan fingerprint density at radius 3 is 1.05 bits per heavy atom. The monoisotopic (exact) mass is 1680 g/mol. The molecule has 8 fully saturated rings. The van der Waals surface area contributed by atoms with Crippen LogP contribution in [-0.2, 0) is 124 Å². The maximum absolute atomic E-state index is 13.4. The van der Waals surface area contributed by atoms with Gasteiger partial charge in [0.15, 0.2) is 50.3 Å². The number of unbranched alkanes of at least 4 members (excludes halogenated alkanes) is 1. The molecule has 8 aliphatic heterocycles. The molecule has 0 aromatic carbocycles. The van der Waals surface area contributed by atoms with E-state index in [4.69, 9.17) is 82.2 Å². The number of amides is 4. The molecule has 8 rings (SSSR count). The van der Waals surface area contributed by atoms with Crippen LogP contribution in [0.1, 0.15) is 118 Å². The summed E-state index contributed by atoms with van der Waals surface area (Å²) in [5, 5.41) is 135. The van der Waals surface area contributed by atoms with Gasteiger partial charge in [-0.3, -0.25) is 28.3 Å². The zero-order valence-corrected chi connectivity index (χ0v) is 64.7. The molecule has 8 heterocycles. The van der Waals surface area contributed by atoms with E-state index in [2.05, 4.69) is 59.2 Å². The van der Waals surface area contributed by atoms with Crippen molar-refractivity contribution in [2.24, 2.45) is 0 Å². The summed E-state index contributed by atoms with van der Waals surface area (Å²) in [7, 11) is -10.5. The Morgan fingerprint density at radius 1 is 0.421 bits per heavy atom. The van der Waals surface area contributed by atoms with Crippen molar-refractivity contribution in [3.63, 3.8) is 0 Å². The predicted molar refractivity (Wildman–Crippen MR) is 376 cm³/mol. The summed E-state index contributed by atoms with van der Waals surface area (Å²) in [6.45, 7) is 1.04. The maximum Gasteiger partial charge on any atom is 0.397 e. The van der Waals surface area contributed by atoms with Crippen LogP contribution in [0.25, 0.3) is 0 Å². The second-order valence-electron chi connectivity index (χ2n) is 28.2. The van der Waals surface area contributed by atoms with Crippen LogP contribution < -0.4 is 21.3 Å². The Kier molecular flexibility index (Phi) is 37.9. The number of aliphatic hydroxyl groups is 11. The number of hydrogen-bond donors (Lipinski definition) is 17. The van der Waals surface area contributed by atoms with E-state index in [1.807, 2.05) is 0 Å². The molecule has 0 radical (unpaired) electrons. The van der Waals surface area contributed by atoms with Crippen LogP contribution in [0.15, 0.2) is 0 Å². The molecule has 650 valence electrons. The van der Waals surface area contributed by atoms with Crippen molar-refractivity contribution < 1.29 is 185 Å². The number of aliphatic hydroxyl groups excluding tert-OH is 11. The molecular weight excluding hydrogens is 1570 g/mol. The van der Waals surface area contributed by atoms with Gasteiger partial charge in [-0.15, -0.1) is 6.42 Å². The first-order chi connectivity index (χ1) is 54.3. The zero-order chi connectivity index (χ0) is 83.1. The first-order valence-corrected chi connectivity index (χ1v) is 40.5. The summed E-state index contributed by atoms with van der Waals surface area (Å²) < 4.78 is 173. The third-order valence-electron chi connectivity index (χ3n) is 19.5. The number of ether oxygens (including phenoxy) is 16. The van der Waals surface area contributed by atoms with Gasteiger partial charge in [0, 0.05) is 57.8 Å². The van der Waals surface area contributed by atoms with E-state index in [-0.39, 0.29) is 51.6 Å². The standard InChI is InChI=1S/C69H108N4O39S2/c1-6-11-12-13-14-15-16-21-95-66-54(70-46(81)17-7-2)58(85)62(39(26-74)102-66)109-51-23-35(77)41(29-97-51)104-67-55(71-47(82)18-8-3)59(86)63(40(27-75)103-67)110-52-24-36(78)42(30-98-52)105-69-57(73-49(84)20-10-5)61(88)65(45(108-69)33-101-114(92,93)94)112-53-25-37(79)43(31-99-53)106-68-56(72-48(83)19-9-4)60(87)64(44(107-68)32-100-113(89,90)91)111-50-22-34(76)38(80)28-96-50/h1,34-45,50-69,74-80,85-88H,7-10,15-33H2,2-5H3,(H,70,81)(H,71,82)(H,72,83)(H,73,84)(H,89,90,91)(H,92,93,94)/t34-,35-,36-,37-,38+,39?,40?,41+,42+,43+,44?,45?,50-,51-,52-,53-,54?,55?,56?,57?,58+,59+,60+,61+,62+,63+,64+,65+,66+,67+,68+,69-/m0/s1. The lowest BCUT2D eigenvalue weighted by Gasteiger charge is -2.48. The molecule has 8 unspecified atom stereocenters. The van der Waals surface area contributed by atoms with Gasteiger partial charge in [-0.1, -0.05) is 33.6 Å². The van der Waals surface area contributed by atoms with Gasteiger partial charge in [-0.25, -0.2) is 8.37 Å². The molecule has 8 aliphatic rings. The molecule has 0 bridgehead atoms. The summed E-state index contributed by atoms with van der Waals surface area (Å²) in [6.07, 6.45) is -38.4. The fraction of sp³-hybridized carbons (Fsp3) is 0.855. The lowest BCUT2D eigenvalue weighted by Crippen LogP contribution is -2.68. The van der Waals surface area contributed by atoms with Gasteiger partial charge in [-0.2, -0.15) is 16.8 Å². The Hall–Kier alpha value is -4.78. The van der Waals surface area contributed by atoms with Crippen molar-refractivity contribution in [1.29, 1.82) is 0 Å². The fourth-order valence-electron chi connectivity index (χ4n) is 13.7. The molecule has 0 spiro atoms. The quantitative estimate of drug-likeness (QED) is 0.0155. The number of carbonyl (C=O) groups excluding carboxylic acids is 4. The second-order valence-corrected chi connectivity index (χ2v) is 30.4.